The average molecular weight is 480 g/mol. The molecule has 1 amide bonds. The molecular formula is C20H18F2N4O6S. The maximum Gasteiger partial charge on any atom is 0.407 e. The quantitative estimate of drug-likeness (QED) is 0.564. The van der Waals surface area contributed by atoms with E-state index in [0.29, 0.717) is 18.9 Å². The van der Waals surface area contributed by atoms with Crippen molar-refractivity contribution in [3.05, 3.63) is 52.5 Å². The van der Waals surface area contributed by atoms with Gasteiger partial charge in [-0.15, -0.1) is 0 Å². The molecule has 0 spiro atoms. The largest absolute Gasteiger partial charge is 0.465 e. The summed E-state index contributed by atoms with van der Waals surface area (Å²) in [5.41, 5.74) is -0.804. The Labute approximate surface area is 186 Å². The Kier molecular flexibility index (Phi) is 5.74. The van der Waals surface area contributed by atoms with E-state index < -0.39 is 50.1 Å². The second-order valence-corrected chi connectivity index (χ2v) is 9.50. The molecule has 13 heteroatoms. The predicted octanol–water partition coefficient (Wildman–Crippen LogP) is 2.58. The Balaban J connectivity index is 1.91. The molecule has 2 aromatic heterocycles. The number of fused-ring (bicyclic) bond motifs is 1. The molecule has 1 aliphatic rings. The standard InChI is InChI=1S/C20H18F2N4O6S/c1-33(30,31)19-23-9-11-7-16(32-15-5-4-12(21)8-14(15)22)18(27)26(17(11)24-19)13-3-2-6-25(10-13)20(28)29/h4-5,7-9,13H,2-3,6,10H2,1H3,(H,28,29)/t13-/m1/s1. The number of pyridine rings is 1. The summed E-state index contributed by atoms with van der Waals surface area (Å²) in [6, 6.07) is 3.12. The fraction of sp³-hybridized carbons (Fsp3) is 0.300. The molecule has 3 aromatic rings. The first-order valence-corrected chi connectivity index (χ1v) is 11.7. The van der Waals surface area contributed by atoms with Crippen LogP contribution in [0.25, 0.3) is 11.0 Å². The number of sulfone groups is 1. The molecule has 1 fully saturated rings. The number of rotatable bonds is 4. The molecule has 0 radical (unpaired) electrons. The van der Waals surface area contributed by atoms with Crippen molar-refractivity contribution < 1.29 is 31.8 Å². The van der Waals surface area contributed by atoms with Crippen LogP contribution in [0.1, 0.15) is 18.9 Å². The molecule has 1 aromatic carbocycles. The van der Waals surface area contributed by atoms with Gasteiger partial charge in [-0.2, -0.15) is 4.98 Å². The highest BCUT2D eigenvalue weighted by Gasteiger charge is 2.28. The maximum atomic E-state index is 14.1. The molecule has 0 saturated carbocycles. The van der Waals surface area contributed by atoms with Gasteiger partial charge in [0.05, 0.1) is 6.04 Å². The lowest BCUT2D eigenvalue weighted by Gasteiger charge is -2.32. The molecule has 1 atom stereocenters. The molecule has 0 unspecified atom stereocenters. The van der Waals surface area contributed by atoms with Crippen LogP contribution in [0.3, 0.4) is 0 Å². The highest BCUT2D eigenvalue weighted by molar-refractivity contribution is 7.90. The Hall–Kier alpha value is -3.61. The van der Waals surface area contributed by atoms with Gasteiger partial charge in [-0.1, -0.05) is 0 Å². The molecule has 0 aliphatic carbocycles. The van der Waals surface area contributed by atoms with Crippen LogP contribution in [0.15, 0.2) is 40.4 Å². The van der Waals surface area contributed by atoms with E-state index >= 15 is 0 Å². The zero-order valence-electron chi connectivity index (χ0n) is 17.2. The van der Waals surface area contributed by atoms with E-state index in [-0.39, 0.29) is 29.9 Å². The van der Waals surface area contributed by atoms with E-state index in [1.54, 1.807) is 0 Å². The van der Waals surface area contributed by atoms with Gasteiger partial charge >= 0.3 is 6.09 Å². The first-order valence-electron chi connectivity index (χ1n) is 9.77. The van der Waals surface area contributed by atoms with Crippen LogP contribution in [0.4, 0.5) is 13.6 Å². The number of nitrogens with zero attached hydrogens (tertiary/aromatic N) is 4. The molecule has 33 heavy (non-hydrogen) atoms. The number of amides is 1. The third-order valence-corrected chi connectivity index (χ3v) is 6.06. The Morgan fingerprint density at radius 2 is 2.00 bits per heavy atom. The zero-order chi connectivity index (χ0) is 23.9. The summed E-state index contributed by atoms with van der Waals surface area (Å²) < 4.78 is 57.9. The lowest BCUT2D eigenvalue weighted by molar-refractivity contribution is 0.121. The first kappa shape index (κ1) is 22.6. The number of hydrogen-bond acceptors (Lipinski definition) is 7. The van der Waals surface area contributed by atoms with E-state index in [9.17, 15) is 31.9 Å². The van der Waals surface area contributed by atoms with Gasteiger partial charge in [-0.25, -0.2) is 27.0 Å². The van der Waals surface area contributed by atoms with Crippen molar-refractivity contribution in [3.8, 4) is 11.5 Å². The molecule has 1 aliphatic heterocycles. The van der Waals surface area contributed by atoms with Gasteiger partial charge in [0.1, 0.15) is 11.5 Å². The van der Waals surface area contributed by atoms with Gasteiger partial charge in [-0.05, 0) is 31.0 Å². The highest BCUT2D eigenvalue weighted by atomic mass is 32.2. The average Bonchev–Trinajstić information content (AvgIpc) is 2.75. The normalized spacial score (nSPS) is 16.7. The predicted molar refractivity (Wildman–Crippen MR) is 111 cm³/mol. The monoisotopic (exact) mass is 480 g/mol. The van der Waals surface area contributed by atoms with Crippen molar-refractivity contribution in [2.24, 2.45) is 0 Å². The van der Waals surface area contributed by atoms with Crippen LogP contribution >= 0.6 is 0 Å². The number of aromatic nitrogens is 3. The van der Waals surface area contributed by atoms with Crippen LogP contribution in [-0.2, 0) is 9.84 Å². The minimum atomic E-state index is -3.81. The van der Waals surface area contributed by atoms with Crippen molar-refractivity contribution in [2.75, 3.05) is 19.3 Å². The molecule has 0 bridgehead atoms. The highest BCUT2D eigenvalue weighted by Crippen LogP contribution is 2.29. The fourth-order valence-corrected chi connectivity index (χ4v) is 4.18. The SMILES string of the molecule is CS(=O)(=O)c1ncc2cc(Oc3ccc(F)cc3F)c(=O)n([C@@H]3CCCN(C(=O)O)C3)c2n1. The lowest BCUT2D eigenvalue weighted by atomic mass is 10.1. The topological polar surface area (TPSA) is 132 Å². The van der Waals surface area contributed by atoms with E-state index in [1.807, 2.05) is 0 Å². The Morgan fingerprint density at radius 3 is 2.67 bits per heavy atom. The smallest absolute Gasteiger partial charge is 0.407 e. The Morgan fingerprint density at radius 1 is 1.24 bits per heavy atom. The number of piperidine rings is 1. The summed E-state index contributed by atoms with van der Waals surface area (Å²) in [6.07, 6.45) is 1.79. The molecular weight excluding hydrogens is 462 g/mol. The second kappa shape index (κ2) is 8.39. The first-order chi connectivity index (χ1) is 15.5. The molecule has 174 valence electrons. The van der Waals surface area contributed by atoms with Crippen molar-refractivity contribution in [3.63, 3.8) is 0 Å². The molecule has 10 nitrogen and oxygen atoms in total. The third-order valence-electron chi connectivity index (χ3n) is 5.20. The number of hydrogen-bond donors (Lipinski definition) is 1. The summed E-state index contributed by atoms with van der Waals surface area (Å²) in [5.74, 6) is -2.59. The van der Waals surface area contributed by atoms with Crippen LogP contribution in [-0.4, -0.2) is 58.4 Å². The van der Waals surface area contributed by atoms with E-state index in [0.717, 1.165) is 27.9 Å². The van der Waals surface area contributed by atoms with E-state index in [1.165, 1.54) is 12.3 Å². The van der Waals surface area contributed by atoms with Gasteiger partial charge in [-0.3, -0.25) is 9.36 Å². The van der Waals surface area contributed by atoms with Gasteiger partial charge in [0.15, 0.2) is 17.3 Å². The van der Waals surface area contributed by atoms with Crippen molar-refractivity contribution in [1.82, 2.24) is 19.4 Å². The number of benzene rings is 1. The van der Waals surface area contributed by atoms with Crippen molar-refractivity contribution in [1.29, 1.82) is 0 Å². The number of carboxylic acid groups (broad SMARTS) is 1. The van der Waals surface area contributed by atoms with E-state index in [2.05, 4.69) is 9.97 Å². The Bertz CT molecular complexity index is 1430. The molecule has 3 heterocycles. The summed E-state index contributed by atoms with van der Waals surface area (Å²) in [6.45, 7) is 0.232. The van der Waals surface area contributed by atoms with Gasteiger partial charge in [0, 0.05) is 37.0 Å². The summed E-state index contributed by atoms with van der Waals surface area (Å²) in [4.78, 5) is 33.8. The second-order valence-electron chi connectivity index (χ2n) is 7.59. The van der Waals surface area contributed by atoms with Gasteiger partial charge in [0.2, 0.25) is 15.0 Å². The third kappa shape index (κ3) is 4.49. The number of ether oxygens (including phenoxy) is 1. The number of halogens is 2. The molecule has 1 saturated heterocycles. The fourth-order valence-electron chi connectivity index (χ4n) is 3.69. The molecule has 1 N–H and O–H groups in total. The summed E-state index contributed by atoms with van der Waals surface area (Å²) >= 11 is 0. The zero-order valence-corrected chi connectivity index (χ0v) is 18.1. The van der Waals surface area contributed by atoms with Gasteiger partial charge in [0.25, 0.3) is 5.56 Å². The van der Waals surface area contributed by atoms with Crippen LogP contribution in [0, 0.1) is 11.6 Å². The van der Waals surface area contributed by atoms with Crippen LogP contribution < -0.4 is 10.3 Å². The lowest BCUT2D eigenvalue weighted by Crippen LogP contribution is -2.42. The van der Waals surface area contributed by atoms with Crippen molar-refractivity contribution in [2.45, 2.75) is 24.0 Å². The summed E-state index contributed by atoms with van der Waals surface area (Å²) in [7, 11) is -3.81. The van der Waals surface area contributed by atoms with E-state index in [4.69, 9.17) is 4.74 Å². The maximum absolute atomic E-state index is 14.1. The number of carbonyl (C=O) groups is 1. The minimum absolute atomic E-state index is 0.0282. The summed E-state index contributed by atoms with van der Waals surface area (Å²) in [5, 5.41) is 9.08. The van der Waals surface area contributed by atoms with Crippen molar-refractivity contribution >= 4 is 27.0 Å². The number of likely N-dealkylation sites (tertiary alicyclic amines) is 1. The van der Waals surface area contributed by atoms with Crippen LogP contribution in [0.5, 0.6) is 11.5 Å². The molecule has 4 rings (SSSR count). The minimum Gasteiger partial charge on any atom is -0.465 e. The van der Waals surface area contributed by atoms with Gasteiger partial charge < -0.3 is 14.7 Å². The van der Waals surface area contributed by atoms with Crippen LogP contribution in [0.2, 0.25) is 0 Å².